The lowest BCUT2D eigenvalue weighted by Gasteiger charge is -2.03. The lowest BCUT2D eigenvalue weighted by atomic mass is 10.1. The van der Waals surface area contributed by atoms with Crippen molar-refractivity contribution in [3.05, 3.63) is 17.5 Å². The molecule has 1 aromatic rings. The maximum atomic E-state index is 8.84. The van der Waals surface area contributed by atoms with Crippen LogP contribution in [-0.2, 0) is 12.8 Å². The van der Waals surface area contributed by atoms with Crippen molar-refractivity contribution in [3.8, 4) is 0 Å². The Morgan fingerprint density at radius 1 is 1.54 bits per heavy atom. The van der Waals surface area contributed by atoms with Crippen molar-refractivity contribution >= 4 is 0 Å². The quantitative estimate of drug-likeness (QED) is 0.767. The summed E-state index contributed by atoms with van der Waals surface area (Å²) in [5.41, 5.74) is 2.29. The third-order valence-electron chi connectivity index (χ3n) is 2.15. The largest absolute Gasteiger partial charge is 0.396 e. The highest BCUT2D eigenvalue weighted by Gasteiger charge is 2.07. The summed E-state index contributed by atoms with van der Waals surface area (Å²) in [7, 11) is 0. The Balaban J connectivity index is 2.90. The molecule has 0 spiro atoms. The molecule has 1 rings (SSSR count). The van der Waals surface area contributed by atoms with E-state index in [1.165, 1.54) is 5.56 Å². The van der Waals surface area contributed by atoms with E-state index in [9.17, 15) is 0 Å². The van der Waals surface area contributed by atoms with E-state index in [2.05, 4.69) is 32.1 Å². The first kappa shape index (κ1) is 10.3. The minimum absolute atomic E-state index is 0.183. The molecule has 0 radical (unpaired) electrons. The number of aliphatic hydroxyl groups excluding tert-OH is 1. The second-order valence-corrected chi connectivity index (χ2v) is 3.50. The Morgan fingerprint density at radius 3 is 2.69 bits per heavy atom. The summed E-state index contributed by atoms with van der Waals surface area (Å²) in [6.07, 6.45) is 3.74. The molecule has 0 unspecified atom stereocenters. The van der Waals surface area contributed by atoms with Gasteiger partial charge in [0.25, 0.3) is 0 Å². The van der Waals surface area contributed by atoms with E-state index in [0.29, 0.717) is 12.5 Å². The molecule has 0 saturated carbocycles. The van der Waals surface area contributed by atoms with E-state index in [1.807, 2.05) is 4.68 Å². The van der Waals surface area contributed by atoms with Crippen molar-refractivity contribution in [2.75, 3.05) is 6.61 Å². The number of aryl methyl sites for hydroxylation is 1. The van der Waals surface area contributed by atoms with Crippen LogP contribution in [0.2, 0.25) is 0 Å². The molecule has 0 aliphatic rings. The standard InChI is InChI=1S/C10H18N2O/c1-4-9-7-12(8(2)3)11-10(9)5-6-13/h7-8,13H,4-6H2,1-3H3. The van der Waals surface area contributed by atoms with Gasteiger partial charge in [0.2, 0.25) is 0 Å². The van der Waals surface area contributed by atoms with E-state index >= 15 is 0 Å². The molecule has 0 aromatic carbocycles. The third kappa shape index (κ3) is 2.31. The number of rotatable bonds is 4. The van der Waals surface area contributed by atoms with E-state index < -0.39 is 0 Å². The van der Waals surface area contributed by atoms with Gasteiger partial charge in [-0.05, 0) is 25.8 Å². The van der Waals surface area contributed by atoms with Gasteiger partial charge in [0, 0.05) is 25.3 Å². The van der Waals surface area contributed by atoms with Gasteiger partial charge in [0.1, 0.15) is 0 Å². The Kier molecular flexibility index (Phi) is 3.48. The third-order valence-corrected chi connectivity index (χ3v) is 2.15. The van der Waals surface area contributed by atoms with Crippen LogP contribution in [0.25, 0.3) is 0 Å². The van der Waals surface area contributed by atoms with Crippen LogP contribution < -0.4 is 0 Å². The van der Waals surface area contributed by atoms with Gasteiger partial charge in [-0.3, -0.25) is 4.68 Å². The molecule has 1 heterocycles. The van der Waals surface area contributed by atoms with E-state index in [4.69, 9.17) is 5.11 Å². The fraction of sp³-hybridized carbons (Fsp3) is 0.700. The maximum Gasteiger partial charge on any atom is 0.0679 e. The minimum Gasteiger partial charge on any atom is -0.396 e. The Bertz CT molecular complexity index is 266. The zero-order chi connectivity index (χ0) is 9.84. The second kappa shape index (κ2) is 4.42. The van der Waals surface area contributed by atoms with Crippen LogP contribution in [0.3, 0.4) is 0 Å². The molecule has 1 N–H and O–H groups in total. The van der Waals surface area contributed by atoms with Crippen LogP contribution in [0.15, 0.2) is 6.20 Å². The van der Waals surface area contributed by atoms with Crippen molar-refractivity contribution in [1.82, 2.24) is 9.78 Å². The van der Waals surface area contributed by atoms with E-state index in [0.717, 1.165) is 12.1 Å². The minimum atomic E-state index is 0.183. The van der Waals surface area contributed by atoms with Crippen LogP contribution in [0.1, 0.15) is 38.1 Å². The topological polar surface area (TPSA) is 38.0 Å². The number of nitrogens with zero attached hydrogens (tertiary/aromatic N) is 2. The molecule has 0 aliphatic heterocycles. The molecular weight excluding hydrogens is 164 g/mol. The van der Waals surface area contributed by atoms with E-state index in [-0.39, 0.29) is 6.61 Å². The summed E-state index contributed by atoms with van der Waals surface area (Å²) in [5.74, 6) is 0. The van der Waals surface area contributed by atoms with Crippen LogP contribution >= 0.6 is 0 Å². The number of aliphatic hydroxyl groups is 1. The van der Waals surface area contributed by atoms with Gasteiger partial charge in [-0.2, -0.15) is 5.10 Å². The SMILES string of the molecule is CCc1cn(C(C)C)nc1CCO. The lowest BCUT2D eigenvalue weighted by Crippen LogP contribution is -2.02. The molecule has 74 valence electrons. The maximum absolute atomic E-state index is 8.84. The first-order chi connectivity index (χ1) is 6.19. The monoisotopic (exact) mass is 182 g/mol. The number of aromatic nitrogens is 2. The zero-order valence-electron chi connectivity index (χ0n) is 8.62. The van der Waals surface area contributed by atoms with Gasteiger partial charge in [0.05, 0.1) is 5.69 Å². The normalized spacial score (nSPS) is 11.2. The molecule has 3 nitrogen and oxygen atoms in total. The van der Waals surface area contributed by atoms with Gasteiger partial charge in [-0.15, -0.1) is 0 Å². The van der Waals surface area contributed by atoms with Crippen LogP contribution in [0.4, 0.5) is 0 Å². The predicted molar refractivity (Wildman–Crippen MR) is 52.8 cm³/mol. The fourth-order valence-electron chi connectivity index (χ4n) is 1.34. The lowest BCUT2D eigenvalue weighted by molar-refractivity contribution is 0.297. The van der Waals surface area contributed by atoms with Crippen molar-refractivity contribution in [2.45, 2.75) is 39.7 Å². The Labute approximate surface area is 79.4 Å². The number of hydrogen-bond acceptors (Lipinski definition) is 2. The molecule has 0 bridgehead atoms. The van der Waals surface area contributed by atoms with Gasteiger partial charge in [-0.1, -0.05) is 6.92 Å². The van der Waals surface area contributed by atoms with Crippen LogP contribution in [0.5, 0.6) is 0 Å². The summed E-state index contributed by atoms with van der Waals surface area (Å²) in [4.78, 5) is 0. The Hall–Kier alpha value is -0.830. The molecular formula is C10H18N2O. The summed E-state index contributed by atoms with van der Waals surface area (Å²) >= 11 is 0. The highest BCUT2D eigenvalue weighted by molar-refractivity contribution is 5.17. The second-order valence-electron chi connectivity index (χ2n) is 3.50. The first-order valence-electron chi connectivity index (χ1n) is 4.86. The van der Waals surface area contributed by atoms with Gasteiger partial charge in [-0.25, -0.2) is 0 Å². The van der Waals surface area contributed by atoms with E-state index in [1.54, 1.807) is 0 Å². The summed E-state index contributed by atoms with van der Waals surface area (Å²) < 4.78 is 1.96. The van der Waals surface area contributed by atoms with Crippen molar-refractivity contribution in [1.29, 1.82) is 0 Å². The molecule has 0 aliphatic carbocycles. The summed E-state index contributed by atoms with van der Waals surface area (Å²) in [5, 5.41) is 13.3. The molecule has 0 amide bonds. The highest BCUT2D eigenvalue weighted by atomic mass is 16.3. The summed E-state index contributed by atoms with van der Waals surface area (Å²) in [6.45, 7) is 6.51. The van der Waals surface area contributed by atoms with Crippen molar-refractivity contribution in [3.63, 3.8) is 0 Å². The number of hydrogen-bond donors (Lipinski definition) is 1. The average molecular weight is 182 g/mol. The Morgan fingerprint density at radius 2 is 2.23 bits per heavy atom. The first-order valence-corrected chi connectivity index (χ1v) is 4.86. The molecule has 3 heteroatoms. The van der Waals surface area contributed by atoms with Gasteiger partial charge >= 0.3 is 0 Å². The average Bonchev–Trinajstić information content (AvgIpc) is 2.48. The van der Waals surface area contributed by atoms with Gasteiger partial charge < -0.3 is 5.11 Å². The molecule has 0 fully saturated rings. The molecule has 13 heavy (non-hydrogen) atoms. The molecule has 0 atom stereocenters. The summed E-state index contributed by atoms with van der Waals surface area (Å²) in [6, 6.07) is 0.401. The molecule has 0 saturated heterocycles. The highest BCUT2D eigenvalue weighted by Crippen LogP contribution is 2.12. The van der Waals surface area contributed by atoms with Crippen molar-refractivity contribution < 1.29 is 5.11 Å². The van der Waals surface area contributed by atoms with Crippen LogP contribution in [0, 0.1) is 0 Å². The zero-order valence-corrected chi connectivity index (χ0v) is 8.62. The molecule has 1 aromatic heterocycles. The fourth-order valence-corrected chi connectivity index (χ4v) is 1.34. The van der Waals surface area contributed by atoms with Gasteiger partial charge in [0.15, 0.2) is 0 Å². The smallest absolute Gasteiger partial charge is 0.0679 e. The predicted octanol–water partition coefficient (Wildman–Crippen LogP) is 1.56. The van der Waals surface area contributed by atoms with Crippen molar-refractivity contribution in [2.24, 2.45) is 0 Å². The van der Waals surface area contributed by atoms with Crippen LogP contribution in [-0.4, -0.2) is 21.5 Å².